The van der Waals surface area contributed by atoms with E-state index in [1.165, 1.54) is 12.2 Å². The van der Waals surface area contributed by atoms with Gasteiger partial charge in [0.25, 0.3) is 0 Å². The number of nitrogens with two attached hydrogens (primary N) is 1. The zero-order valence-electron chi connectivity index (χ0n) is 7.12. The van der Waals surface area contributed by atoms with Gasteiger partial charge in [-0.15, -0.1) is 0 Å². The van der Waals surface area contributed by atoms with Crippen LogP contribution >= 0.6 is 23.4 Å². The van der Waals surface area contributed by atoms with Crippen LogP contribution in [0.25, 0.3) is 0 Å². The van der Waals surface area contributed by atoms with Crippen LogP contribution in [0, 0.1) is 0 Å². The number of hydrogen-bond acceptors (Lipinski definition) is 4. The van der Waals surface area contributed by atoms with Crippen LogP contribution in [0.2, 0.25) is 5.15 Å². The molecule has 1 aliphatic heterocycles. The molecule has 72 valence electrons. The van der Waals surface area contributed by atoms with Gasteiger partial charge < -0.3 is 10.3 Å². The summed E-state index contributed by atoms with van der Waals surface area (Å²) < 4.78 is 5.11. The lowest BCUT2D eigenvalue weighted by Crippen LogP contribution is -2.09. The monoisotopic (exact) mass is 218 g/mol. The molecule has 3 nitrogen and oxygen atoms in total. The van der Waals surface area contributed by atoms with Crippen molar-refractivity contribution in [3.05, 3.63) is 10.9 Å². The number of anilines is 1. The van der Waals surface area contributed by atoms with Crippen LogP contribution in [0.3, 0.4) is 0 Å². The number of nitrogen functional groups attached to an aromatic ring is 1. The minimum atomic E-state index is 0.297. The summed E-state index contributed by atoms with van der Waals surface area (Å²) in [4.78, 5) is 0. The van der Waals surface area contributed by atoms with Gasteiger partial charge in [0.05, 0.1) is 0 Å². The van der Waals surface area contributed by atoms with E-state index in [9.17, 15) is 0 Å². The molecule has 0 amide bonds. The molecular weight excluding hydrogens is 208 g/mol. The van der Waals surface area contributed by atoms with Gasteiger partial charge in [-0.3, -0.25) is 0 Å². The van der Waals surface area contributed by atoms with Crippen molar-refractivity contribution in [3.8, 4) is 0 Å². The van der Waals surface area contributed by atoms with Crippen LogP contribution in [0.5, 0.6) is 0 Å². The van der Waals surface area contributed by atoms with E-state index in [0.717, 1.165) is 17.9 Å². The predicted octanol–water partition coefficient (Wildman–Crippen LogP) is 2.52. The third-order valence-electron chi connectivity index (χ3n) is 2.24. The molecular formula is C8H11ClN2OS. The van der Waals surface area contributed by atoms with E-state index in [2.05, 4.69) is 5.16 Å². The average Bonchev–Trinajstić information content (AvgIpc) is 2.49. The number of rotatable bonds is 1. The summed E-state index contributed by atoms with van der Waals surface area (Å²) in [5.41, 5.74) is 6.26. The Hall–Kier alpha value is -0.350. The van der Waals surface area contributed by atoms with Crippen molar-refractivity contribution in [1.82, 2.24) is 5.16 Å². The Kier molecular flexibility index (Phi) is 2.69. The maximum absolute atomic E-state index is 5.74. The lowest BCUT2D eigenvalue weighted by atomic mass is 10.0. The van der Waals surface area contributed by atoms with Gasteiger partial charge >= 0.3 is 0 Å². The molecule has 0 aliphatic carbocycles. The molecule has 0 aromatic carbocycles. The smallest absolute Gasteiger partial charge is 0.195 e. The molecule has 5 heteroatoms. The first kappa shape index (κ1) is 9.21. The summed E-state index contributed by atoms with van der Waals surface area (Å²) in [5, 5.41) is 3.94. The Morgan fingerprint density at radius 2 is 2.46 bits per heavy atom. The van der Waals surface area contributed by atoms with E-state index < -0.39 is 0 Å². The summed E-state index contributed by atoms with van der Waals surface area (Å²) >= 11 is 7.64. The molecule has 0 bridgehead atoms. The van der Waals surface area contributed by atoms with Gasteiger partial charge in [-0.1, -0.05) is 16.8 Å². The third-order valence-corrected chi connectivity index (χ3v) is 3.73. The first-order valence-electron chi connectivity index (χ1n) is 4.27. The third kappa shape index (κ3) is 1.79. The first-order valence-corrected chi connectivity index (χ1v) is 5.80. The van der Waals surface area contributed by atoms with E-state index in [1.54, 1.807) is 0 Å². The van der Waals surface area contributed by atoms with Gasteiger partial charge in [-0.2, -0.15) is 11.8 Å². The van der Waals surface area contributed by atoms with Crippen LogP contribution in [0.15, 0.2) is 4.52 Å². The van der Waals surface area contributed by atoms with Gasteiger partial charge in [-0.25, -0.2) is 0 Å². The van der Waals surface area contributed by atoms with Gasteiger partial charge in [-0.05, 0) is 18.6 Å². The summed E-state index contributed by atoms with van der Waals surface area (Å²) in [6, 6.07) is 0. The maximum Gasteiger partial charge on any atom is 0.195 e. The lowest BCUT2D eigenvalue weighted by Gasteiger charge is -2.18. The molecule has 1 aliphatic rings. The van der Waals surface area contributed by atoms with E-state index in [0.29, 0.717) is 16.8 Å². The summed E-state index contributed by atoms with van der Waals surface area (Å²) in [6.07, 6.45) is 2.34. The van der Waals surface area contributed by atoms with Gasteiger partial charge in [0.2, 0.25) is 0 Å². The van der Waals surface area contributed by atoms with Crippen LogP contribution < -0.4 is 5.73 Å². The topological polar surface area (TPSA) is 52.0 Å². The molecule has 1 unspecified atom stereocenters. The fourth-order valence-corrected chi connectivity index (χ4v) is 2.80. The number of aromatic nitrogens is 1. The Morgan fingerprint density at radius 1 is 1.62 bits per heavy atom. The summed E-state index contributed by atoms with van der Waals surface area (Å²) in [5.74, 6) is 3.48. The lowest BCUT2D eigenvalue weighted by molar-refractivity contribution is 0.361. The van der Waals surface area contributed by atoms with E-state index in [1.807, 2.05) is 11.8 Å². The van der Waals surface area contributed by atoms with Crippen LogP contribution in [0.4, 0.5) is 5.69 Å². The van der Waals surface area contributed by atoms with Crippen molar-refractivity contribution < 1.29 is 4.52 Å². The number of halogens is 1. The predicted molar refractivity (Wildman–Crippen MR) is 55.2 cm³/mol. The average molecular weight is 219 g/mol. The molecule has 13 heavy (non-hydrogen) atoms. The fraction of sp³-hybridized carbons (Fsp3) is 0.625. The highest BCUT2D eigenvalue weighted by Crippen LogP contribution is 2.36. The minimum Gasteiger partial charge on any atom is -0.393 e. The largest absolute Gasteiger partial charge is 0.393 e. The summed E-state index contributed by atoms with van der Waals surface area (Å²) in [6.45, 7) is 0. The van der Waals surface area contributed by atoms with Gasteiger partial charge in [0.15, 0.2) is 10.9 Å². The molecule has 0 spiro atoms. The van der Waals surface area contributed by atoms with Crippen molar-refractivity contribution in [2.24, 2.45) is 0 Å². The second-order valence-electron chi connectivity index (χ2n) is 3.17. The minimum absolute atomic E-state index is 0.297. The van der Waals surface area contributed by atoms with Gasteiger partial charge in [0.1, 0.15) is 5.69 Å². The van der Waals surface area contributed by atoms with Gasteiger partial charge in [0, 0.05) is 11.7 Å². The number of nitrogens with zero attached hydrogens (tertiary/aromatic N) is 1. The zero-order valence-corrected chi connectivity index (χ0v) is 8.70. The highest BCUT2D eigenvalue weighted by molar-refractivity contribution is 7.99. The quantitative estimate of drug-likeness (QED) is 0.787. The molecule has 2 rings (SSSR count). The molecule has 0 radical (unpaired) electrons. The van der Waals surface area contributed by atoms with Crippen molar-refractivity contribution in [2.75, 3.05) is 17.2 Å². The molecule has 1 aromatic rings. The van der Waals surface area contributed by atoms with Crippen LogP contribution in [0.1, 0.15) is 24.5 Å². The zero-order chi connectivity index (χ0) is 9.26. The summed E-state index contributed by atoms with van der Waals surface area (Å²) in [7, 11) is 0. The highest BCUT2D eigenvalue weighted by Gasteiger charge is 2.23. The molecule has 2 N–H and O–H groups in total. The first-order chi connectivity index (χ1) is 6.29. The standard InChI is InChI=1S/C8H11ClN2OS/c9-8-6(10)7(12-11-8)5-2-1-3-13-4-5/h5H,1-4,10H2. The Labute approximate surface area is 86.0 Å². The van der Waals surface area contributed by atoms with Crippen molar-refractivity contribution in [3.63, 3.8) is 0 Å². The molecule has 1 saturated heterocycles. The van der Waals surface area contributed by atoms with Crippen molar-refractivity contribution >= 4 is 29.1 Å². The van der Waals surface area contributed by atoms with Crippen molar-refractivity contribution in [1.29, 1.82) is 0 Å². The number of hydrogen-bond donors (Lipinski definition) is 1. The molecule has 0 saturated carbocycles. The molecule has 1 fully saturated rings. The van der Waals surface area contributed by atoms with Crippen molar-refractivity contribution in [2.45, 2.75) is 18.8 Å². The fourth-order valence-electron chi connectivity index (χ4n) is 1.53. The van der Waals surface area contributed by atoms with E-state index >= 15 is 0 Å². The SMILES string of the molecule is Nc1c(Cl)noc1C1CCCSC1. The van der Waals surface area contributed by atoms with Crippen LogP contribution in [-0.2, 0) is 0 Å². The number of thioether (sulfide) groups is 1. The highest BCUT2D eigenvalue weighted by atomic mass is 35.5. The van der Waals surface area contributed by atoms with Crippen LogP contribution in [-0.4, -0.2) is 16.7 Å². The second-order valence-corrected chi connectivity index (χ2v) is 4.67. The van der Waals surface area contributed by atoms with E-state index in [-0.39, 0.29) is 0 Å². The molecule has 2 heterocycles. The molecule has 1 atom stereocenters. The Bertz CT molecular complexity index is 296. The van der Waals surface area contributed by atoms with E-state index in [4.69, 9.17) is 21.9 Å². The normalized spacial score (nSPS) is 23.3. The second kappa shape index (κ2) is 3.80. The maximum atomic E-state index is 5.74. The Balaban J connectivity index is 2.18. The Morgan fingerprint density at radius 3 is 3.00 bits per heavy atom. The molecule has 1 aromatic heterocycles.